The SMILES string of the molecule is O=C(COc1cccc(F)c1)OCC(=O)N1CCCC1. The molecule has 0 unspecified atom stereocenters. The van der Waals surface area contributed by atoms with Gasteiger partial charge in [0, 0.05) is 19.2 Å². The molecule has 108 valence electrons. The van der Waals surface area contributed by atoms with Crippen molar-refractivity contribution >= 4 is 11.9 Å². The highest BCUT2D eigenvalue weighted by molar-refractivity contribution is 5.81. The number of carbonyl (C=O) groups is 2. The molecule has 1 heterocycles. The number of hydrogen-bond acceptors (Lipinski definition) is 4. The Balaban J connectivity index is 1.69. The minimum Gasteiger partial charge on any atom is -0.482 e. The van der Waals surface area contributed by atoms with Gasteiger partial charge in [0.25, 0.3) is 5.91 Å². The fourth-order valence-electron chi connectivity index (χ4n) is 1.94. The molecule has 1 saturated heterocycles. The zero-order valence-corrected chi connectivity index (χ0v) is 11.0. The van der Waals surface area contributed by atoms with Crippen LogP contribution in [0.1, 0.15) is 12.8 Å². The van der Waals surface area contributed by atoms with Gasteiger partial charge in [-0.15, -0.1) is 0 Å². The van der Waals surface area contributed by atoms with Crippen LogP contribution in [0.25, 0.3) is 0 Å². The highest BCUT2D eigenvalue weighted by atomic mass is 19.1. The average Bonchev–Trinajstić information content (AvgIpc) is 2.97. The van der Waals surface area contributed by atoms with E-state index in [1.54, 1.807) is 4.90 Å². The first-order valence-corrected chi connectivity index (χ1v) is 6.47. The van der Waals surface area contributed by atoms with Crippen LogP contribution in [0.4, 0.5) is 4.39 Å². The van der Waals surface area contributed by atoms with E-state index in [1.165, 1.54) is 24.3 Å². The summed E-state index contributed by atoms with van der Waals surface area (Å²) in [5, 5.41) is 0. The van der Waals surface area contributed by atoms with Crippen molar-refractivity contribution in [1.82, 2.24) is 4.90 Å². The number of carbonyl (C=O) groups excluding carboxylic acids is 2. The fraction of sp³-hybridized carbons (Fsp3) is 0.429. The maximum atomic E-state index is 12.9. The first-order chi connectivity index (χ1) is 9.65. The average molecular weight is 281 g/mol. The van der Waals surface area contributed by atoms with Crippen LogP contribution in [-0.4, -0.2) is 43.1 Å². The van der Waals surface area contributed by atoms with E-state index in [-0.39, 0.29) is 24.9 Å². The predicted octanol–water partition coefficient (Wildman–Crippen LogP) is 1.37. The van der Waals surface area contributed by atoms with Crippen LogP contribution in [0.2, 0.25) is 0 Å². The Morgan fingerprint density at radius 1 is 1.20 bits per heavy atom. The Labute approximate surface area is 116 Å². The molecule has 2 rings (SSSR count). The summed E-state index contributed by atoms with van der Waals surface area (Å²) in [6.07, 6.45) is 1.98. The Morgan fingerprint density at radius 2 is 1.95 bits per heavy atom. The third-order valence-corrected chi connectivity index (χ3v) is 2.97. The lowest BCUT2D eigenvalue weighted by molar-refractivity contribution is -0.153. The van der Waals surface area contributed by atoms with Gasteiger partial charge >= 0.3 is 5.97 Å². The van der Waals surface area contributed by atoms with Gasteiger partial charge in [0.1, 0.15) is 11.6 Å². The second-order valence-corrected chi connectivity index (χ2v) is 4.49. The molecule has 0 bridgehead atoms. The quantitative estimate of drug-likeness (QED) is 0.765. The molecule has 0 spiro atoms. The standard InChI is InChI=1S/C14H16FNO4/c15-11-4-3-5-12(8-11)19-10-14(18)20-9-13(17)16-6-1-2-7-16/h3-5,8H,1-2,6-7,9-10H2. The van der Waals surface area contributed by atoms with Crippen LogP contribution in [0.3, 0.4) is 0 Å². The number of likely N-dealkylation sites (tertiary alicyclic amines) is 1. The summed E-state index contributed by atoms with van der Waals surface area (Å²) in [6, 6.07) is 5.46. The first kappa shape index (κ1) is 14.3. The molecule has 1 aliphatic heterocycles. The van der Waals surface area contributed by atoms with E-state index in [4.69, 9.17) is 9.47 Å². The molecular formula is C14H16FNO4. The summed E-state index contributed by atoms with van der Waals surface area (Å²) < 4.78 is 22.8. The maximum Gasteiger partial charge on any atom is 0.344 e. The number of esters is 1. The summed E-state index contributed by atoms with van der Waals surface area (Å²) in [4.78, 5) is 24.7. The van der Waals surface area contributed by atoms with Gasteiger partial charge in [0.2, 0.25) is 0 Å². The van der Waals surface area contributed by atoms with Crippen LogP contribution in [0, 0.1) is 5.82 Å². The second-order valence-electron chi connectivity index (χ2n) is 4.49. The molecule has 1 aromatic carbocycles. The van der Waals surface area contributed by atoms with Gasteiger partial charge in [-0.05, 0) is 25.0 Å². The molecule has 0 aliphatic carbocycles. The molecule has 6 heteroatoms. The van der Waals surface area contributed by atoms with Crippen molar-refractivity contribution < 1.29 is 23.5 Å². The van der Waals surface area contributed by atoms with Gasteiger partial charge in [-0.2, -0.15) is 0 Å². The molecule has 0 aromatic heterocycles. The normalized spacial score (nSPS) is 14.2. The number of ether oxygens (including phenoxy) is 2. The Hall–Kier alpha value is -2.11. The molecule has 0 radical (unpaired) electrons. The van der Waals surface area contributed by atoms with Crippen molar-refractivity contribution in [3.63, 3.8) is 0 Å². The predicted molar refractivity (Wildman–Crippen MR) is 68.7 cm³/mol. The van der Waals surface area contributed by atoms with Crippen molar-refractivity contribution in [2.24, 2.45) is 0 Å². The zero-order chi connectivity index (χ0) is 14.4. The van der Waals surface area contributed by atoms with Crippen LogP contribution in [0.15, 0.2) is 24.3 Å². The van der Waals surface area contributed by atoms with Crippen LogP contribution < -0.4 is 4.74 Å². The second kappa shape index (κ2) is 6.88. The van der Waals surface area contributed by atoms with E-state index in [1.807, 2.05) is 0 Å². The van der Waals surface area contributed by atoms with Crippen LogP contribution in [-0.2, 0) is 14.3 Å². The van der Waals surface area contributed by atoms with E-state index < -0.39 is 11.8 Å². The number of halogens is 1. The molecule has 1 aliphatic rings. The lowest BCUT2D eigenvalue weighted by atomic mass is 10.3. The fourth-order valence-corrected chi connectivity index (χ4v) is 1.94. The third-order valence-electron chi connectivity index (χ3n) is 2.97. The Kier molecular flexibility index (Phi) is 4.92. The van der Waals surface area contributed by atoms with E-state index in [0.29, 0.717) is 0 Å². The van der Waals surface area contributed by atoms with Gasteiger partial charge in [-0.3, -0.25) is 4.79 Å². The number of benzene rings is 1. The van der Waals surface area contributed by atoms with Crippen LogP contribution in [0.5, 0.6) is 5.75 Å². The van der Waals surface area contributed by atoms with Crippen molar-refractivity contribution in [3.8, 4) is 5.75 Å². The number of hydrogen-bond donors (Lipinski definition) is 0. The summed E-state index contributed by atoms with van der Waals surface area (Å²) >= 11 is 0. The molecule has 1 aromatic rings. The Morgan fingerprint density at radius 3 is 2.65 bits per heavy atom. The molecule has 0 atom stereocenters. The number of nitrogens with zero attached hydrogens (tertiary/aromatic N) is 1. The summed E-state index contributed by atoms with van der Waals surface area (Å²) in [6.45, 7) is 0.814. The molecular weight excluding hydrogens is 265 g/mol. The van der Waals surface area contributed by atoms with Crippen molar-refractivity contribution in [3.05, 3.63) is 30.1 Å². The summed E-state index contributed by atoms with van der Waals surface area (Å²) in [5.41, 5.74) is 0. The minimum atomic E-state index is -0.651. The lowest BCUT2D eigenvalue weighted by Crippen LogP contribution is -2.32. The van der Waals surface area contributed by atoms with Gasteiger partial charge < -0.3 is 14.4 Å². The topological polar surface area (TPSA) is 55.8 Å². The van der Waals surface area contributed by atoms with Gasteiger partial charge in [-0.1, -0.05) is 6.07 Å². The highest BCUT2D eigenvalue weighted by Gasteiger charge is 2.19. The molecule has 1 amide bonds. The minimum absolute atomic E-state index is 0.193. The van der Waals surface area contributed by atoms with E-state index in [9.17, 15) is 14.0 Å². The summed E-state index contributed by atoms with van der Waals surface area (Å²) in [7, 11) is 0. The molecule has 1 fully saturated rings. The van der Waals surface area contributed by atoms with E-state index in [2.05, 4.69) is 0 Å². The molecule has 0 N–H and O–H groups in total. The van der Waals surface area contributed by atoms with Crippen molar-refractivity contribution in [2.75, 3.05) is 26.3 Å². The van der Waals surface area contributed by atoms with Crippen LogP contribution >= 0.6 is 0 Å². The number of rotatable bonds is 5. The molecule has 5 nitrogen and oxygen atoms in total. The van der Waals surface area contributed by atoms with E-state index in [0.717, 1.165) is 25.9 Å². The summed E-state index contributed by atoms with van der Waals surface area (Å²) in [5.74, 6) is -1.05. The van der Waals surface area contributed by atoms with Gasteiger partial charge in [-0.25, -0.2) is 9.18 Å². The smallest absolute Gasteiger partial charge is 0.344 e. The largest absolute Gasteiger partial charge is 0.482 e. The molecule has 20 heavy (non-hydrogen) atoms. The maximum absolute atomic E-state index is 12.9. The lowest BCUT2D eigenvalue weighted by Gasteiger charge is -2.14. The number of amides is 1. The Bertz CT molecular complexity index is 486. The highest BCUT2D eigenvalue weighted by Crippen LogP contribution is 2.12. The van der Waals surface area contributed by atoms with Gasteiger partial charge in [0.05, 0.1) is 0 Å². The zero-order valence-electron chi connectivity index (χ0n) is 11.0. The third kappa shape index (κ3) is 4.22. The molecule has 0 saturated carbocycles. The monoisotopic (exact) mass is 281 g/mol. The first-order valence-electron chi connectivity index (χ1n) is 6.47. The van der Waals surface area contributed by atoms with Crippen molar-refractivity contribution in [2.45, 2.75) is 12.8 Å². The van der Waals surface area contributed by atoms with E-state index >= 15 is 0 Å². The van der Waals surface area contributed by atoms with Crippen molar-refractivity contribution in [1.29, 1.82) is 0 Å². The van der Waals surface area contributed by atoms with Gasteiger partial charge in [0.15, 0.2) is 13.2 Å².